The SMILES string of the molecule is CCOC(=O)CC(=O)C(Cl)=NOC. The van der Waals surface area contributed by atoms with Crippen molar-refractivity contribution in [3.8, 4) is 0 Å². The van der Waals surface area contributed by atoms with Crippen molar-refractivity contribution >= 4 is 28.5 Å². The number of halogens is 1. The van der Waals surface area contributed by atoms with E-state index >= 15 is 0 Å². The molecule has 0 saturated heterocycles. The highest BCUT2D eigenvalue weighted by Crippen LogP contribution is 1.96. The zero-order valence-electron chi connectivity index (χ0n) is 7.37. The number of oxime groups is 1. The molecule has 0 aliphatic rings. The van der Waals surface area contributed by atoms with Gasteiger partial charge < -0.3 is 9.57 Å². The van der Waals surface area contributed by atoms with E-state index < -0.39 is 18.2 Å². The molecule has 13 heavy (non-hydrogen) atoms. The van der Waals surface area contributed by atoms with Crippen LogP contribution in [0.2, 0.25) is 0 Å². The highest BCUT2D eigenvalue weighted by molar-refractivity contribution is 6.83. The van der Waals surface area contributed by atoms with Crippen LogP contribution in [0.4, 0.5) is 0 Å². The van der Waals surface area contributed by atoms with Gasteiger partial charge in [-0.2, -0.15) is 0 Å². The first-order chi connectivity index (χ1) is 6.11. The van der Waals surface area contributed by atoms with E-state index in [4.69, 9.17) is 11.6 Å². The van der Waals surface area contributed by atoms with Crippen molar-refractivity contribution in [1.82, 2.24) is 0 Å². The number of carbonyl (C=O) groups excluding carboxylic acids is 2. The maximum atomic E-state index is 11.0. The van der Waals surface area contributed by atoms with E-state index in [2.05, 4.69) is 14.7 Å². The Bertz CT molecular complexity index is 227. The molecule has 0 saturated carbocycles. The molecule has 0 N–H and O–H groups in total. The van der Waals surface area contributed by atoms with Crippen molar-refractivity contribution in [3.63, 3.8) is 0 Å². The average molecular weight is 208 g/mol. The zero-order valence-corrected chi connectivity index (χ0v) is 8.13. The van der Waals surface area contributed by atoms with E-state index in [0.717, 1.165) is 0 Å². The van der Waals surface area contributed by atoms with E-state index in [1.165, 1.54) is 7.11 Å². The second kappa shape index (κ2) is 6.42. The topological polar surface area (TPSA) is 65.0 Å². The molecule has 0 aromatic rings. The van der Waals surface area contributed by atoms with Gasteiger partial charge in [0.15, 0.2) is 0 Å². The summed E-state index contributed by atoms with van der Waals surface area (Å²) in [6.07, 6.45) is -0.417. The highest BCUT2D eigenvalue weighted by atomic mass is 35.5. The fourth-order valence-electron chi connectivity index (χ4n) is 0.547. The lowest BCUT2D eigenvalue weighted by Crippen LogP contribution is -2.16. The lowest BCUT2D eigenvalue weighted by Gasteiger charge is -1.98. The van der Waals surface area contributed by atoms with Crippen LogP contribution < -0.4 is 0 Å². The van der Waals surface area contributed by atoms with Crippen molar-refractivity contribution in [2.75, 3.05) is 13.7 Å². The van der Waals surface area contributed by atoms with Crippen LogP contribution in [-0.2, 0) is 19.2 Å². The van der Waals surface area contributed by atoms with Gasteiger partial charge >= 0.3 is 5.97 Å². The monoisotopic (exact) mass is 207 g/mol. The van der Waals surface area contributed by atoms with Crippen LogP contribution in [0.25, 0.3) is 0 Å². The molecule has 0 amide bonds. The number of nitrogens with zero attached hydrogens (tertiary/aromatic N) is 1. The van der Waals surface area contributed by atoms with Crippen molar-refractivity contribution in [3.05, 3.63) is 0 Å². The van der Waals surface area contributed by atoms with Crippen LogP contribution >= 0.6 is 11.6 Å². The summed E-state index contributed by atoms with van der Waals surface area (Å²) in [5.41, 5.74) is 0. The predicted octanol–water partition coefficient (Wildman–Crippen LogP) is 0.707. The van der Waals surface area contributed by atoms with Gasteiger partial charge in [0.1, 0.15) is 13.5 Å². The molecular formula is C7H10ClNO4. The second-order valence-corrected chi connectivity index (χ2v) is 2.33. The summed E-state index contributed by atoms with van der Waals surface area (Å²) in [5.74, 6) is -1.25. The van der Waals surface area contributed by atoms with Gasteiger partial charge in [0.2, 0.25) is 11.0 Å². The molecule has 0 rings (SSSR count). The van der Waals surface area contributed by atoms with Crippen LogP contribution in [0.1, 0.15) is 13.3 Å². The first-order valence-corrected chi connectivity index (χ1v) is 3.95. The molecule has 0 atom stereocenters. The van der Waals surface area contributed by atoms with Gasteiger partial charge in [0.05, 0.1) is 6.61 Å². The molecule has 0 aromatic carbocycles. The lowest BCUT2D eigenvalue weighted by atomic mass is 10.3. The highest BCUT2D eigenvalue weighted by Gasteiger charge is 2.15. The smallest absolute Gasteiger partial charge is 0.313 e. The predicted molar refractivity (Wildman–Crippen MR) is 46.6 cm³/mol. The van der Waals surface area contributed by atoms with Gasteiger partial charge in [-0.25, -0.2) is 0 Å². The van der Waals surface area contributed by atoms with Gasteiger partial charge in [-0.05, 0) is 6.92 Å². The molecule has 0 aromatic heterocycles. The van der Waals surface area contributed by atoms with Gasteiger partial charge in [-0.1, -0.05) is 16.8 Å². The maximum absolute atomic E-state index is 11.0. The Labute approximate surface area is 80.6 Å². The van der Waals surface area contributed by atoms with E-state index in [1.807, 2.05) is 0 Å². The molecule has 5 nitrogen and oxygen atoms in total. The Morgan fingerprint density at radius 1 is 1.46 bits per heavy atom. The number of ether oxygens (including phenoxy) is 1. The van der Waals surface area contributed by atoms with Crippen LogP contribution in [-0.4, -0.2) is 30.6 Å². The minimum Gasteiger partial charge on any atom is -0.466 e. The fraction of sp³-hybridized carbons (Fsp3) is 0.571. The summed E-state index contributed by atoms with van der Waals surface area (Å²) in [4.78, 5) is 26.0. The van der Waals surface area contributed by atoms with Crippen LogP contribution in [0.15, 0.2) is 5.16 Å². The lowest BCUT2D eigenvalue weighted by molar-refractivity contribution is -0.144. The Morgan fingerprint density at radius 2 is 2.08 bits per heavy atom. The quantitative estimate of drug-likeness (QED) is 0.288. The van der Waals surface area contributed by atoms with Crippen molar-refractivity contribution in [2.24, 2.45) is 5.16 Å². The number of Topliss-reactive ketones (excluding diaryl/α,β-unsaturated/α-hetero) is 1. The van der Waals surface area contributed by atoms with Gasteiger partial charge in [-0.3, -0.25) is 9.59 Å². The Morgan fingerprint density at radius 3 is 2.54 bits per heavy atom. The van der Waals surface area contributed by atoms with E-state index in [0.29, 0.717) is 0 Å². The normalized spacial score (nSPS) is 10.8. The average Bonchev–Trinajstić information content (AvgIpc) is 2.05. The first-order valence-electron chi connectivity index (χ1n) is 3.57. The third-order valence-electron chi connectivity index (χ3n) is 1.01. The number of rotatable bonds is 5. The largest absolute Gasteiger partial charge is 0.466 e. The van der Waals surface area contributed by atoms with Crippen LogP contribution in [0, 0.1) is 0 Å². The molecule has 6 heteroatoms. The standard InChI is InChI=1S/C7H10ClNO4/c1-3-13-6(11)4-5(10)7(8)9-12-2/h3-4H2,1-2H3. The molecule has 0 spiro atoms. The molecule has 0 heterocycles. The van der Waals surface area contributed by atoms with E-state index in [9.17, 15) is 9.59 Å². The molecule has 0 unspecified atom stereocenters. The van der Waals surface area contributed by atoms with Gasteiger partial charge in [-0.15, -0.1) is 0 Å². The van der Waals surface area contributed by atoms with Crippen LogP contribution in [0.3, 0.4) is 0 Å². The minimum atomic E-state index is -0.628. The molecular weight excluding hydrogens is 198 g/mol. The minimum absolute atomic E-state index is 0.227. The fourth-order valence-corrected chi connectivity index (χ4v) is 0.683. The first kappa shape index (κ1) is 11.9. The summed E-state index contributed by atoms with van der Waals surface area (Å²) in [6.45, 7) is 1.87. The summed E-state index contributed by atoms with van der Waals surface area (Å²) in [7, 11) is 1.25. The summed E-state index contributed by atoms with van der Waals surface area (Å²) in [6, 6.07) is 0. The third kappa shape index (κ3) is 5.19. The third-order valence-corrected chi connectivity index (χ3v) is 1.29. The summed E-state index contributed by atoms with van der Waals surface area (Å²) in [5, 5.41) is 2.80. The number of carbonyl (C=O) groups is 2. The maximum Gasteiger partial charge on any atom is 0.313 e. The number of hydrogen-bond acceptors (Lipinski definition) is 5. The van der Waals surface area contributed by atoms with Crippen LogP contribution in [0.5, 0.6) is 0 Å². The number of ketones is 1. The van der Waals surface area contributed by atoms with Gasteiger partial charge in [0.25, 0.3) is 0 Å². The van der Waals surface area contributed by atoms with Crippen molar-refractivity contribution < 1.29 is 19.2 Å². The van der Waals surface area contributed by atoms with E-state index in [1.54, 1.807) is 6.92 Å². The molecule has 0 aliphatic heterocycles. The summed E-state index contributed by atoms with van der Waals surface area (Å²) >= 11 is 5.34. The molecule has 0 aliphatic carbocycles. The van der Waals surface area contributed by atoms with Crippen molar-refractivity contribution in [1.29, 1.82) is 0 Å². The molecule has 0 radical (unpaired) electrons. The van der Waals surface area contributed by atoms with Gasteiger partial charge in [0, 0.05) is 0 Å². The Balaban J connectivity index is 4.00. The summed E-state index contributed by atoms with van der Waals surface area (Å²) < 4.78 is 4.53. The van der Waals surface area contributed by atoms with Crippen molar-refractivity contribution in [2.45, 2.75) is 13.3 Å². The molecule has 0 fully saturated rings. The van der Waals surface area contributed by atoms with E-state index in [-0.39, 0.29) is 11.8 Å². The number of esters is 1. The second-order valence-electron chi connectivity index (χ2n) is 1.97. The number of hydrogen-bond donors (Lipinski definition) is 0. The molecule has 0 bridgehead atoms. The molecule has 74 valence electrons. The Hall–Kier alpha value is -1.10. The zero-order chi connectivity index (χ0) is 10.3. The Kier molecular flexibility index (Phi) is 5.88.